The molecule has 10 rings (SSSR count). The van der Waals surface area contributed by atoms with Gasteiger partial charge < -0.3 is 9.47 Å². The van der Waals surface area contributed by atoms with Crippen LogP contribution in [0.4, 0.5) is 11.4 Å². The Morgan fingerprint density at radius 2 is 1.22 bits per heavy atom. The van der Waals surface area contributed by atoms with Crippen LogP contribution in [0.3, 0.4) is 0 Å². The van der Waals surface area contributed by atoms with Crippen LogP contribution in [-0.2, 0) is 6.42 Å². The second-order valence-electron chi connectivity index (χ2n) is 13.7. The van der Waals surface area contributed by atoms with Crippen LogP contribution >= 0.6 is 0 Å². The highest BCUT2D eigenvalue weighted by molar-refractivity contribution is 6.11. The molecule has 2 nitrogen and oxygen atoms in total. The number of benzene rings is 7. The normalized spacial score (nSPS) is 14.2. The highest BCUT2D eigenvalue weighted by atomic mass is 15.1. The molecule has 0 fully saturated rings. The number of allylic oxidation sites excluding steroid dienone is 2. The smallest absolute Gasteiger partial charge is 0.0541 e. The molecular formula is C49H36N2. The fraction of sp³-hybridized carbons (Fsp3) is 0.0612. The van der Waals surface area contributed by atoms with Gasteiger partial charge in [-0.15, -0.1) is 0 Å². The molecule has 7 aromatic carbocycles. The fourth-order valence-corrected chi connectivity index (χ4v) is 8.36. The maximum atomic E-state index is 4.49. The van der Waals surface area contributed by atoms with Gasteiger partial charge in [0.05, 0.1) is 16.7 Å². The molecule has 0 atom stereocenters. The van der Waals surface area contributed by atoms with Crippen molar-refractivity contribution in [3.8, 4) is 39.1 Å². The molecular weight excluding hydrogens is 617 g/mol. The SMILES string of the molecule is C=C1/C=C\CCN(c2ccccc2)c2ccc(-c3ccc4c(c3)c3ccccc3n4-c3cccc4c3Cc3cc(-c5ccccc5)ccc3-4)cc21. The molecule has 0 radical (unpaired) electrons. The lowest BCUT2D eigenvalue weighted by molar-refractivity contribution is 0.936. The zero-order chi connectivity index (χ0) is 33.9. The molecule has 0 N–H and O–H groups in total. The van der Waals surface area contributed by atoms with Crippen LogP contribution in [0.15, 0.2) is 176 Å². The van der Waals surface area contributed by atoms with Gasteiger partial charge >= 0.3 is 0 Å². The lowest BCUT2D eigenvalue weighted by atomic mass is 9.95. The molecule has 51 heavy (non-hydrogen) atoms. The summed E-state index contributed by atoms with van der Waals surface area (Å²) in [6.45, 7) is 5.42. The third-order valence-electron chi connectivity index (χ3n) is 10.8. The van der Waals surface area contributed by atoms with Gasteiger partial charge in [-0.25, -0.2) is 0 Å². The standard InChI is InChI=1S/C49H36N2/c1-33-13-10-11-28-50(39-16-6-3-7-17-39)46-26-23-36(30-43(33)46)37-24-27-49-45(31-37)42-18-8-9-20-47(42)51(49)48-21-12-19-41-40-25-22-35(29-38(40)32-44(41)48)34-14-4-2-5-15-34/h2-10,12-27,29-31H,1,11,28,32H2/b13-10-. The molecule has 242 valence electrons. The van der Waals surface area contributed by atoms with Crippen molar-refractivity contribution in [3.63, 3.8) is 0 Å². The van der Waals surface area contributed by atoms with E-state index in [0.29, 0.717) is 0 Å². The first-order valence-corrected chi connectivity index (χ1v) is 17.9. The van der Waals surface area contributed by atoms with Crippen LogP contribution < -0.4 is 4.90 Å². The van der Waals surface area contributed by atoms with E-state index in [9.17, 15) is 0 Å². The van der Waals surface area contributed by atoms with Gasteiger partial charge in [0.1, 0.15) is 0 Å². The highest BCUT2D eigenvalue weighted by Crippen LogP contribution is 2.44. The van der Waals surface area contributed by atoms with Crippen LogP contribution in [0.2, 0.25) is 0 Å². The van der Waals surface area contributed by atoms with E-state index < -0.39 is 0 Å². The molecule has 0 saturated heterocycles. The number of rotatable bonds is 4. The Bertz CT molecular complexity index is 2680. The van der Waals surface area contributed by atoms with Crippen molar-refractivity contribution in [2.45, 2.75) is 12.8 Å². The summed E-state index contributed by atoms with van der Waals surface area (Å²) in [6, 6.07) is 57.9. The number of anilines is 2. The molecule has 0 amide bonds. The summed E-state index contributed by atoms with van der Waals surface area (Å²) in [5, 5.41) is 2.53. The topological polar surface area (TPSA) is 8.17 Å². The molecule has 2 aliphatic rings. The van der Waals surface area contributed by atoms with Gasteiger partial charge in [0, 0.05) is 40.7 Å². The molecule has 0 bridgehead atoms. The Morgan fingerprint density at radius 1 is 0.490 bits per heavy atom. The second kappa shape index (κ2) is 11.9. The number of para-hydroxylation sites is 2. The summed E-state index contributed by atoms with van der Waals surface area (Å²) in [5.74, 6) is 0. The van der Waals surface area contributed by atoms with E-state index in [1.54, 1.807) is 0 Å². The summed E-state index contributed by atoms with van der Waals surface area (Å²) in [5.41, 5.74) is 18.7. The number of nitrogens with zero attached hydrogens (tertiary/aromatic N) is 2. The van der Waals surface area contributed by atoms with E-state index in [1.807, 2.05) is 0 Å². The summed E-state index contributed by atoms with van der Waals surface area (Å²) in [7, 11) is 0. The summed E-state index contributed by atoms with van der Waals surface area (Å²) in [6.07, 6.45) is 6.32. The first-order valence-electron chi connectivity index (χ1n) is 17.9. The van der Waals surface area contributed by atoms with Crippen LogP contribution in [0.5, 0.6) is 0 Å². The van der Waals surface area contributed by atoms with E-state index in [1.165, 1.54) is 88.9 Å². The predicted molar refractivity (Wildman–Crippen MR) is 216 cm³/mol. The van der Waals surface area contributed by atoms with Crippen molar-refractivity contribution in [1.29, 1.82) is 0 Å². The van der Waals surface area contributed by atoms with Crippen LogP contribution in [0.25, 0.3) is 66.4 Å². The average molecular weight is 653 g/mol. The Kier molecular flexibility index (Phi) is 6.89. The molecule has 8 aromatic rings. The van der Waals surface area contributed by atoms with E-state index in [4.69, 9.17) is 0 Å². The van der Waals surface area contributed by atoms with Crippen molar-refractivity contribution in [2.24, 2.45) is 0 Å². The Labute approximate surface area is 298 Å². The molecule has 1 aliphatic heterocycles. The van der Waals surface area contributed by atoms with Gasteiger partial charge in [-0.05, 0) is 105 Å². The zero-order valence-electron chi connectivity index (χ0n) is 28.4. The fourth-order valence-electron chi connectivity index (χ4n) is 8.36. The number of fused-ring (bicyclic) bond motifs is 7. The summed E-state index contributed by atoms with van der Waals surface area (Å²) >= 11 is 0. The Morgan fingerprint density at radius 3 is 2.10 bits per heavy atom. The van der Waals surface area contributed by atoms with E-state index in [2.05, 4.69) is 186 Å². The summed E-state index contributed by atoms with van der Waals surface area (Å²) in [4.78, 5) is 2.42. The molecule has 0 spiro atoms. The third-order valence-corrected chi connectivity index (χ3v) is 10.8. The lowest BCUT2D eigenvalue weighted by Crippen LogP contribution is -2.20. The van der Waals surface area contributed by atoms with Gasteiger partial charge in [-0.2, -0.15) is 0 Å². The molecule has 1 aliphatic carbocycles. The van der Waals surface area contributed by atoms with E-state index in [-0.39, 0.29) is 0 Å². The molecule has 2 heteroatoms. The van der Waals surface area contributed by atoms with Gasteiger partial charge in [-0.1, -0.05) is 128 Å². The minimum absolute atomic E-state index is 0.918. The minimum Gasteiger partial charge on any atom is -0.341 e. The van der Waals surface area contributed by atoms with Gasteiger partial charge in [-0.3, -0.25) is 0 Å². The Hall–Kier alpha value is -6.38. The Balaban J connectivity index is 1.09. The number of hydrogen-bond acceptors (Lipinski definition) is 1. The monoisotopic (exact) mass is 652 g/mol. The van der Waals surface area contributed by atoms with E-state index in [0.717, 1.165) is 25.0 Å². The van der Waals surface area contributed by atoms with Crippen molar-refractivity contribution in [1.82, 2.24) is 4.57 Å². The molecule has 2 heterocycles. The van der Waals surface area contributed by atoms with Crippen molar-refractivity contribution < 1.29 is 0 Å². The molecule has 0 saturated carbocycles. The van der Waals surface area contributed by atoms with E-state index >= 15 is 0 Å². The first-order chi connectivity index (χ1) is 25.2. The highest BCUT2D eigenvalue weighted by Gasteiger charge is 2.24. The predicted octanol–water partition coefficient (Wildman–Crippen LogP) is 12.8. The van der Waals surface area contributed by atoms with Crippen LogP contribution in [-0.4, -0.2) is 11.1 Å². The van der Waals surface area contributed by atoms with Crippen molar-refractivity contribution >= 4 is 38.8 Å². The quantitative estimate of drug-likeness (QED) is 0.184. The molecule has 0 unspecified atom stereocenters. The van der Waals surface area contributed by atoms with Gasteiger partial charge in [0.2, 0.25) is 0 Å². The third kappa shape index (κ3) is 4.87. The average Bonchev–Trinajstić information content (AvgIpc) is 3.73. The first kappa shape index (κ1) is 29.5. The van der Waals surface area contributed by atoms with Crippen molar-refractivity contribution in [2.75, 3.05) is 11.4 Å². The largest absolute Gasteiger partial charge is 0.341 e. The van der Waals surface area contributed by atoms with Crippen LogP contribution in [0, 0.1) is 0 Å². The van der Waals surface area contributed by atoms with Gasteiger partial charge in [0.15, 0.2) is 0 Å². The molecule has 1 aromatic heterocycles. The van der Waals surface area contributed by atoms with Crippen molar-refractivity contribution in [3.05, 3.63) is 193 Å². The number of hydrogen-bond donors (Lipinski definition) is 0. The lowest BCUT2D eigenvalue weighted by Gasteiger charge is -2.29. The van der Waals surface area contributed by atoms with Crippen LogP contribution in [0.1, 0.15) is 23.1 Å². The second-order valence-corrected chi connectivity index (χ2v) is 13.7. The summed E-state index contributed by atoms with van der Waals surface area (Å²) < 4.78 is 2.49. The maximum Gasteiger partial charge on any atom is 0.0541 e. The van der Waals surface area contributed by atoms with Gasteiger partial charge in [0.25, 0.3) is 0 Å². The zero-order valence-corrected chi connectivity index (χ0v) is 28.4. The minimum atomic E-state index is 0.918. The number of aromatic nitrogens is 1. The maximum absolute atomic E-state index is 4.49.